The maximum Gasteiger partial charge on any atom is 0.185 e. The highest BCUT2D eigenvalue weighted by Crippen LogP contribution is 2.49. The molecule has 1 N–H and O–H groups in total. The summed E-state index contributed by atoms with van der Waals surface area (Å²) in [6.07, 6.45) is 0. The first-order valence-corrected chi connectivity index (χ1v) is 9.39. The van der Waals surface area contributed by atoms with E-state index < -0.39 is 0 Å². The molecule has 0 heterocycles. The van der Waals surface area contributed by atoms with E-state index in [1.165, 1.54) is 0 Å². The van der Waals surface area contributed by atoms with Gasteiger partial charge in [0, 0.05) is 8.95 Å². The fourth-order valence-electron chi connectivity index (χ4n) is 1.57. The zero-order valence-electron chi connectivity index (χ0n) is 10.4. The van der Waals surface area contributed by atoms with Crippen LogP contribution in [0.3, 0.4) is 0 Å². The summed E-state index contributed by atoms with van der Waals surface area (Å²) >= 11 is 16.9. The summed E-state index contributed by atoms with van der Waals surface area (Å²) in [5.74, 6) is 1.25. The monoisotopic (exact) mass is 606 g/mol. The summed E-state index contributed by atoms with van der Waals surface area (Å²) in [6, 6.07) is 5.23. The Bertz CT molecular complexity index is 703. The average Bonchev–Trinajstić information content (AvgIpc) is 2.41. The fraction of sp³-hybridized carbons (Fsp3) is 0.0769. The van der Waals surface area contributed by atoms with Crippen LogP contribution in [-0.4, -0.2) is 12.2 Å². The van der Waals surface area contributed by atoms with E-state index in [4.69, 9.17) is 9.47 Å². The Balaban J connectivity index is 2.59. The van der Waals surface area contributed by atoms with Crippen molar-refractivity contribution in [2.45, 2.75) is 0 Å². The first-order chi connectivity index (χ1) is 9.85. The second-order valence-corrected chi connectivity index (χ2v) is 8.12. The Kier molecular flexibility index (Phi) is 6.04. The number of phenols is 1. The van der Waals surface area contributed by atoms with E-state index in [1.807, 2.05) is 6.07 Å². The predicted molar refractivity (Wildman–Crippen MR) is 99.7 cm³/mol. The van der Waals surface area contributed by atoms with E-state index in [9.17, 15) is 5.11 Å². The lowest BCUT2D eigenvalue weighted by molar-refractivity contribution is 0.362. The van der Waals surface area contributed by atoms with Crippen molar-refractivity contribution in [2.24, 2.45) is 0 Å². The molecule has 2 rings (SSSR count). The van der Waals surface area contributed by atoms with Crippen molar-refractivity contribution in [3.05, 3.63) is 40.6 Å². The van der Waals surface area contributed by atoms with Crippen LogP contribution >= 0.6 is 79.6 Å². The third kappa shape index (κ3) is 3.77. The van der Waals surface area contributed by atoms with Crippen molar-refractivity contribution in [3.8, 4) is 23.0 Å². The van der Waals surface area contributed by atoms with Gasteiger partial charge in [-0.1, -0.05) is 15.9 Å². The number of hydrogen-bond donors (Lipinski definition) is 1. The lowest BCUT2D eigenvalue weighted by Crippen LogP contribution is -1.94. The van der Waals surface area contributed by atoms with Crippen LogP contribution in [0.2, 0.25) is 0 Å². The lowest BCUT2D eigenvalue weighted by Gasteiger charge is -2.16. The zero-order valence-corrected chi connectivity index (χ0v) is 18.3. The maximum absolute atomic E-state index is 10.1. The van der Waals surface area contributed by atoms with E-state index in [1.54, 1.807) is 19.2 Å². The van der Waals surface area contributed by atoms with Crippen LogP contribution in [0.15, 0.2) is 40.6 Å². The van der Waals surface area contributed by atoms with Crippen LogP contribution in [-0.2, 0) is 0 Å². The normalized spacial score (nSPS) is 10.6. The maximum atomic E-state index is 10.1. The van der Waals surface area contributed by atoms with Gasteiger partial charge in [0.1, 0.15) is 0 Å². The average molecular weight is 611 g/mol. The summed E-state index contributed by atoms with van der Waals surface area (Å²) in [5, 5.41) is 10.1. The Hall–Kier alpha value is 0.240. The highest BCUT2D eigenvalue weighted by atomic mass is 79.9. The minimum absolute atomic E-state index is 0.00301. The number of rotatable bonds is 3. The molecule has 0 bridgehead atoms. The number of aromatic hydroxyl groups is 1. The van der Waals surface area contributed by atoms with Crippen molar-refractivity contribution >= 4 is 79.6 Å². The van der Waals surface area contributed by atoms with Crippen molar-refractivity contribution in [1.82, 2.24) is 0 Å². The lowest BCUT2D eigenvalue weighted by atomic mass is 10.3. The molecular weight excluding hydrogens is 604 g/mol. The number of benzene rings is 2. The van der Waals surface area contributed by atoms with E-state index in [-0.39, 0.29) is 5.75 Å². The number of ether oxygens (including phenoxy) is 2. The molecule has 8 heteroatoms. The Labute approximate surface area is 163 Å². The van der Waals surface area contributed by atoms with Crippen molar-refractivity contribution in [3.63, 3.8) is 0 Å². The van der Waals surface area contributed by atoms with Crippen molar-refractivity contribution < 1.29 is 14.6 Å². The largest absolute Gasteiger partial charge is 0.503 e. The number of hydrogen-bond acceptors (Lipinski definition) is 3. The molecule has 0 radical (unpaired) electrons. The highest BCUT2D eigenvalue weighted by molar-refractivity contribution is 9.13. The van der Waals surface area contributed by atoms with Gasteiger partial charge in [0.05, 0.1) is 20.5 Å². The first-order valence-electron chi connectivity index (χ1n) is 5.42. The molecule has 112 valence electrons. The number of phenolic OH excluding ortho intramolecular Hbond substituents is 1. The first kappa shape index (κ1) is 17.6. The van der Waals surface area contributed by atoms with Gasteiger partial charge in [-0.15, -0.1) is 0 Å². The molecule has 2 aromatic carbocycles. The third-order valence-corrected chi connectivity index (χ3v) is 6.09. The number of halogens is 5. The molecule has 0 spiro atoms. The SMILES string of the molecule is COc1c(Br)cc(Br)c(Br)c1Oc1cc(Br)cc(Br)c1O. The van der Waals surface area contributed by atoms with Gasteiger partial charge in [0.2, 0.25) is 0 Å². The molecule has 0 atom stereocenters. The molecule has 21 heavy (non-hydrogen) atoms. The smallest absolute Gasteiger partial charge is 0.185 e. The Morgan fingerprint density at radius 1 is 0.857 bits per heavy atom. The van der Waals surface area contributed by atoms with Gasteiger partial charge in [0.25, 0.3) is 0 Å². The molecule has 0 unspecified atom stereocenters. The van der Waals surface area contributed by atoms with Crippen LogP contribution in [0.25, 0.3) is 0 Å². The second-order valence-electron chi connectivity index (χ2n) is 3.85. The van der Waals surface area contributed by atoms with Gasteiger partial charge in [0.15, 0.2) is 23.0 Å². The topological polar surface area (TPSA) is 38.7 Å². The molecule has 0 fully saturated rings. The van der Waals surface area contributed by atoms with Crippen LogP contribution in [0.5, 0.6) is 23.0 Å². The minimum Gasteiger partial charge on any atom is -0.503 e. The van der Waals surface area contributed by atoms with Crippen molar-refractivity contribution in [1.29, 1.82) is 0 Å². The predicted octanol–water partition coefficient (Wildman–Crippen LogP) is 7.01. The molecule has 0 saturated heterocycles. The molecular formula is C13H7Br5O3. The molecule has 0 aromatic heterocycles. The molecule has 2 aromatic rings. The van der Waals surface area contributed by atoms with Gasteiger partial charge >= 0.3 is 0 Å². The summed E-state index contributed by atoms with van der Waals surface area (Å²) in [5.41, 5.74) is 0. The molecule has 0 aliphatic carbocycles. The molecule has 0 aliphatic rings. The summed E-state index contributed by atoms with van der Waals surface area (Å²) < 4.78 is 14.7. The quantitative estimate of drug-likeness (QED) is 0.381. The van der Waals surface area contributed by atoms with E-state index in [2.05, 4.69) is 79.6 Å². The zero-order chi connectivity index (χ0) is 15.7. The van der Waals surface area contributed by atoms with Crippen LogP contribution in [0.1, 0.15) is 0 Å². The van der Waals surface area contributed by atoms with Gasteiger partial charge in [-0.3, -0.25) is 0 Å². The van der Waals surface area contributed by atoms with E-state index in [0.29, 0.717) is 26.2 Å². The minimum atomic E-state index is 0.00301. The Morgan fingerprint density at radius 2 is 1.52 bits per heavy atom. The van der Waals surface area contributed by atoms with Crippen LogP contribution in [0.4, 0.5) is 0 Å². The van der Waals surface area contributed by atoms with Gasteiger partial charge < -0.3 is 14.6 Å². The van der Waals surface area contributed by atoms with Crippen LogP contribution in [0, 0.1) is 0 Å². The summed E-state index contributed by atoms with van der Waals surface area (Å²) in [6.45, 7) is 0. The molecule has 0 aliphatic heterocycles. The van der Waals surface area contributed by atoms with Crippen molar-refractivity contribution in [2.75, 3.05) is 7.11 Å². The summed E-state index contributed by atoms with van der Waals surface area (Å²) in [7, 11) is 1.55. The van der Waals surface area contributed by atoms with Gasteiger partial charge in [-0.25, -0.2) is 0 Å². The van der Waals surface area contributed by atoms with Gasteiger partial charge in [-0.05, 0) is 81.9 Å². The van der Waals surface area contributed by atoms with E-state index >= 15 is 0 Å². The van der Waals surface area contributed by atoms with Crippen LogP contribution < -0.4 is 9.47 Å². The molecule has 0 amide bonds. The summed E-state index contributed by atoms with van der Waals surface area (Å²) in [4.78, 5) is 0. The third-order valence-electron chi connectivity index (χ3n) is 2.49. The highest BCUT2D eigenvalue weighted by Gasteiger charge is 2.19. The standard InChI is InChI=1S/C13H7Br5O3/c1-20-12-8(17)4-6(15)10(18)13(12)21-9-3-5(14)2-7(16)11(9)19/h2-4,19H,1H3. The van der Waals surface area contributed by atoms with E-state index in [0.717, 1.165) is 13.4 Å². The second kappa shape index (κ2) is 7.21. The number of methoxy groups -OCH3 is 1. The van der Waals surface area contributed by atoms with Gasteiger partial charge in [-0.2, -0.15) is 0 Å². The Morgan fingerprint density at radius 3 is 2.14 bits per heavy atom. The molecule has 0 saturated carbocycles. The fourth-order valence-corrected chi connectivity index (χ4v) is 4.42. The molecule has 3 nitrogen and oxygen atoms in total.